The highest BCUT2D eigenvalue weighted by molar-refractivity contribution is 6.05. The van der Waals surface area contributed by atoms with E-state index < -0.39 is 0 Å². The molecule has 0 radical (unpaired) electrons. The van der Waals surface area contributed by atoms with Crippen molar-refractivity contribution in [2.24, 2.45) is 11.8 Å². The zero-order chi connectivity index (χ0) is 20.2. The van der Waals surface area contributed by atoms with Gasteiger partial charge in [-0.3, -0.25) is 24.2 Å². The van der Waals surface area contributed by atoms with Crippen LogP contribution in [0, 0.1) is 11.8 Å². The summed E-state index contributed by atoms with van der Waals surface area (Å²) >= 11 is 0. The highest BCUT2D eigenvalue weighted by Crippen LogP contribution is 2.34. The highest BCUT2D eigenvalue weighted by Gasteiger charge is 2.46. The Kier molecular flexibility index (Phi) is 6.09. The molecule has 0 aromatic heterocycles. The summed E-state index contributed by atoms with van der Waals surface area (Å²) < 4.78 is 0. The average Bonchev–Trinajstić information content (AvgIpc) is 3.33. The molecule has 0 spiro atoms. The second-order valence-corrected chi connectivity index (χ2v) is 8.31. The molecule has 0 unspecified atom stereocenters. The molecule has 4 rings (SSSR count). The fourth-order valence-corrected chi connectivity index (χ4v) is 4.55. The summed E-state index contributed by atoms with van der Waals surface area (Å²) in [6.07, 6.45) is 7.93. The van der Waals surface area contributed by atoms with E-state index in [4.69, 9.17) is 0 Å². The van der Waals surface area contributed by atoms with E-state index >= 15 is 0 Å². The van der Waals surface area contributed by atoms with Gasteiger partial charge in [-0.25, -0.2) is 0 Å². The number of imide groups is 1. The first-order valence-corrected chi connectivity index (χ1v) is 10.7. The first-order valence-electron chi connectivity index (χ1n) is 10.7. The first-order chi connectivity index (χ1) is 14.1. The molecule has 3 aliphatic rings. The van der Waals surface area contributed by atoms with Crippen LogP contribution in [0.5, 0.6) is 0 Å². The molecule has 0 saturated carbocycles. The van der Waals surface area contributed by atoms with Gasteiger partial charge in [0.05, 0.1) is 11.8 Å². The predicted octanol–water partition coefficient (Wildman–Crippen LogP) is 2.24. The van der Waals surface area contributed by atoms with Crippen LogP contribution >= 0.6 is 0 Å². The second kappa shape index (κ2) is 8.91. The number of carbonyl (C=O) groups is 3. The van der Waals surface area contributed by atoms with Gasteiger partial charge in [-0.2, -0.15) is 0 Å². The Balaban J connectivity index is 1.21. The standard InChI is InChI=1S/C23H29N3O3/c27-21(11-14-26-22(28)19-5-1-2-6-20(19)23(26)29)24-15-17-7-9-18(10-8-17)16-25-12-3-4-13-25/h1-2,7-10,19-20H,3-6,11-16H2,(H,24,27)/t19-,20+. The van der Waals surface area contributed by atoms with Crippen LogP contribution in [0.25, 0.3) is 0 Å². The molecule has 2 atom stereocenters. The van der Waals surface area contributed by atoms with E-state index in [9.17, 15) is 14.4 Å². The van der Waals surface area contributed by atoms with Crippen molar-refractivity contribution in [3.8, 4) is 0 Å². The van der Waals surface area contributed by atoms with Gasteiger partial charge in [0.25, 0.3) is 0 Å². The molecule has 1 aromatic rings. The molecular formula is C23H29N3O3. The average molecular weight is 396 g/mol. The van der Waals surface area contributed by atoms with Gasteiger partial charge in [-0.15, -0.1) is 0 Å². The van der Waals surface area contributed by atoms with Crippen molar-refractivity contribution in [3.05, 3.63) is 47.5 Å². The van der Waals surface area contributed by atoms with Crippen LogP contribution in [0.4, 0.5) is 0 Å². The Morgan fingerprint density at radius 2 is 1.52 bits per heavy atom. The topological polar surface area (TPSA) is 69.7 Å². The number of likely N-dealkylation sites (tertiary alicyclic amines) is 2. The van der Waals surface area contributed by atoms with Crippen molar-refractivity contribution in [2.45, 2.75) is 45.2 Å². The maximum Gasteiger partial charge on any atom is 0.233 e. The monoisotopic (exact) mass is 395 g/mol. The molecule has 3 amide bonds. The number of allylic oxidation sites excluding steroid dienone is 2. The molecule has 154 valence electrons. The van der Waals surface area contributed by atoms with Gasteiger partial charge in [0.2, 0.25) is 17.7 Å². The number of carbonyl (C=O) groups excluding carboxylic acids is 3. The Hall–Kier alpha value is -2.47. The number of nitrogens with one attached hydrogen (secondary N) is 1. The van der Waals surface area contributed by atoms with E-state index in [1.165, 1.54) is 36.4 Å². The van der Waals surface area contributed by atoms with Crippen molar-refractivity contribution in [3.63, 3.8) is 0 Å². The third-order valence-electron chi connectivity index (χ3n) is 6.28. The van der Waals surface area contributed by atoms with Crippen molar-refractivity contribution < 1.29 is 14.4 Å². The van der Waals surface area contributed by atoms with Crippen molar-refractivity contribution >= 4 is 17.7 Å². The number of hydrogen-bond acceptors (Lipinski definition) is 4. The molecule has 6 heteroatoms. The summed E-state index contributed by atoms with van der Waals surface area (Å²) in [5.41, 5.74) is 2.35. The van der Waals surface area contributed by atoms with E-state index in [0.29, 0.717) is 19.4 Å². The van der Waals surface area contributed by atoms with Crippen molar-refractivity contribution in [2.75, 3.05) is 19.6 Å². The van der Waals surface area contributed by atoms with Crippen molar-refractivity contribution in [1.29, 1.82) is 0 Å². The number of amides is 3. The largest absolute Gasteiger partial charge is 0.352 e. The molecule has 0 bridgehead atoms. The minimum Gasteiger partial charge on any atom is -0.352 e. The highest BCUT2D eigenvalue weighted by atomic mass is 16.2. The minimum absolute atomic E-state index is 0.120. The Morgan fingerprint density at radius 3 is 2.14 bits per heavy atom. The van der Waals surface area contributed by atoms with Crippen molar-refractivity contribution in [1.82, 2.24) is 15.1 Å². The Morgan fingerprint density at radius 1 is 0.931 bits per heavy atom. The van der Waals surface area contributed by atoms with E-state index in [2.05, 4.69) is 34.5 Å². The van der Waals surface area contributed by atoms with Gasteiger partial charge >= 0.3 is 0 Å². The fraction of sp³-hybridized carbons (Fsp3) is 0.522. The maximum atomic E-state index is 12.4. The fourth-order valence-electron chi connectivity index (χ4n) is 4.55. The number of rotatable bonds is 7. The van der Waals surface area contributed by atoms with Crippen LogP contribution in [0.2, 0.25) is 0 Å². The van der Waals surface area contributed by atoms with Crippen LogP contribution in [0.15, 0.2) is 36.4 Å². The Bertz CT molecular complexity index is 770. The van der Waals surface area contributed by atoms with Crippen LogP contribution < -0.4 is 5.32 Å². The third kappa shape index (κ3) is 4.58. The molecule has 2 heterocycles. The molecule has 6 nitrogen and oxygen atoms in total. The molecule has 1 N–H and O–H groups in total. The molecule has 1 aromatic carbocycles. The summed E-state index contributed by atoms with van der Waals surface area (Å²) in [6, 6.07) is 8.35. The van der Waals surface area contributed by atoms with Gasteiger partial charge in [-0.1, -0.05) is 36.4 Å². The molecule has 2 saturated heterocycles. The smallest absolute Gasteiger partial charge is 0.233 e. The lowest BCUT2D eigenvalue weighted by Crippen LogP contribution is -2.35. The SMILES string of the molecule is O=C(CCN1C(=O)[C@H]2CC=CC[C@H]2C1=O)NCc1ccc(CN2CCCC2)cc1. The predicted molar refractivity (Wildman–Crippen MR) is 109 cm³/mol. The lowest BCUT2D eigenvalue weighted by Gasteiger charge is -2.15. The zero-order valence-electron chi connectivity index (χ0n) is 16.8. The summed E-state index contributed by atoms with van der Waals surface area (Å²) in [4.78, 5) is 40.8. The lowest BCUT2D eigenvalue weighted by atomic mass is 9.85. The number of benzene rings is 1. The maximum absolute atomic E-state index is 12.4. The van der Waals surface area contributed by atoms with Gasteiger partial charge in [0.15, 0.2) is 0 Å². The van der Waals surface area contributed by atoms with Crippen LogP contribution in [-0.2, 0) is 27.5 Å². The molecule has 29 heavy (non-hydrogen) atoms. The third-order valence-corrected chi connectivity index (χ3v) is 6.28. The molecule has 2 aliphatic heterocycles. The molecular weight excluding hydrogens is 366 g/mol. The summed E-state index contributed by atoms with van der Waals surface area (Å²) in [7, 11) is 0. The van der Waals surface area contributed by atoms with Gasteiger partial charge < -0.3 is 5.32 Å². The molecule has 2 fully saturated rings. The van der Waals surface area contributed by atoms with E-state index in [1.54, 1.807) is 0 Å². The second-order valence-electron chi connectivity index (χ2n) is 8.31. The van der Waals surface area contributed by atoms with Gasteiger partial charge in [0, 0.05) is 26.1 Å². The number of nitrogens with zero attached hydrogens (tertiary/aromatic N) is 2. The van der Waals surface area contributed by atoms with E-state index in [0.717, 1.165) is 12.1 Å². The quantitative estimate of drug-likeness (QED) is 0.568. The molecule has 1 aliphatic carbocycles. The Labute approximate surface area is 171 Å². The number of hydrogen-bond donors (Lipinski definition) is 1. The first kappa shape index (κ1) is 19.8. The van der Waals surface area contributed by atoms with E-state index in [1.807, 2.05) is 12.2 Å². The lowest BCUT2D eigenvalue weighted by molar-refractivity contribution is -0.140. The summed E-state index contributed by atoms with van der Waals surface area (Å²) in [6.45, 7) is 3.98. The van der Waals surface area contributed by atoms with Crippen LogP contribution in [0.1, 0.15) is 43.2 Å². The van der Waals surface area contributed by atoms with E-state index in [-0.39, 0.29) is 42.5 Å². The minimum atomic E-state index is -0.227. The number of fused-ring (bicyclic) bond motifs is 1. The summed E-state index contributed by atoms with van der Waals surface area (Å²) in [5.74, 6) is -0.833. The van der Waals surface area contributed by atoms with Crippen LogP contribution in [0.3, 0.4) is 0 Å². The zero-order valence-corrected chi connectivity index (χ0v) is 16.8. The normalized spacial score (nSPS) is 24.2. The van der Waals surface area contributed by atoms with Gasteiger partial charge in [0.1, 0.15) is 0 Å². The van der Waals surface area contributed by atoms with Gasteiger partial charge in [-0.05, 0) is 49.9 Å². The van der Waals surface area contributed by atoms with Crippen LogP contribution in [-0.4, -0.2) is 47.2 Å². The summed E-state index contributed by atoms with van der Waals surface area (Å²) in [5, 5.41) is 2.90.